The molecule has 0 unspecified atom stereocenters. The third-order valence-electron chi connectivity index (χ3n) is 1.44. The van der Waals surface area contributed by atoms with Gasteiger partial charge in [-0.25, -0.2) is 9.78 Å². The lowest BCUT2D eigenvalue weighted by Crippen LogP contribution is -1.95. The molecule has 1 heterocycles. The van der Waals surface area contributed by atoms with Crippen molar-refractivity contribution in [1.82, 2.24) is 9.97 Å². The zero-order chi connectivity index (χ0) is 10.6. The first-order chi connectivity index (χ1) is 6.63. The van der Waals surface area contributed by atoms with E-state index in [1.54, 1.807) is 0 Å². The molecule has 0 amide bonds. The van der Waals surface area contributed by atoms with Crippen LogP contribution in [0.5, 0.6) is 0 Å². The topological polar surface area (TPSA) is 99.1 Å². The molecule has 0 saturated carbocycles. The molecule has 0 aromatic carbocycles. The third kappa shape index (κ3) is 2.44. The van der Waals surface area contributed by atoms with Crippen molar-refractivity contribution in [1.29, 1.82) is 5.41 Å². The standard InChI is InChI=1S/C8H9N3O3/c1-14-6(9)2-3-7-10-4-5(11-7)8(12)13/h2-4,9H,1H3,(H,10,11)(H,12,13)/b3-2-,9-6?. The lowest BCUT2D eigenvalue weighted by Gasteiger charge is -1.91. The van der Waals surface area contributed by atoms with Crippen molar-refractivity contribution in [2.75, 3.05) is 7.11 Å². The monoisotopic (exact) mass is 195 g/mol. The number of hydrogen-bond acceptors (Lipinski definition) is 4. The second kappa shape index (κ2) is 4.22. The Morgan fingerprint density at radius 2 is 2.50 bits per heavy atom. The Morgan fingerprint density at radius 3 is 3.00 bits per heavy atom. The largest absolute Gasteiger partial charge is 0.481 e. The number of ether oxygens (including phenoxy) is 1. The van der Waals surface area contributed by atoms with E-state index in [2.05, 4.69) is 14.7 Å². The van der Waals surface area contributed by atoms with E-state index in [0.717, 1.165) is 0 Å². The van der Waals surface area contributed by atoms with E-state index in [0.29, 0.717) is 5.82 Å². The molecule has 0 bridgehead atoms. The summed E-state index contributed by atoms with van der Waals surface area (Å²) in [6.07, 6.45) is 4.03. The van der Waals surface area contributed by atoms with Crippen LogP contribution in [0.3, 0.4) is 0 Å². The summed E-state index contributed by atoms with van der Waals surface area (Å²) in [7, 11) is 1.37. The predicted octanol–water partition coefficient (Wildman–Crippen LogP) is 0.745. The van der Waals surface area contributed by atoms with Gasteiger partial charge in [-0.1, -0.05) is 0 Å². The van der Waals surface area contributed by atoms with Crippen LogP contribution in [-0.2, 0) is 4.74 Å². The molecule has 0 saturated heterocycles. The molecule has 1 aromatic heterocycles. The van der Waals surface area contributed by atoms with Gasteiger partial charge in [-0.15, -0.1) is 0 Å². The molecule has 0 spiro atoms. The fourth-order valence-corrected chi connectivity index (χ4v) is 0.753. The third-order valence-corrected chi connectivity index (χ3v) is 1.44. The Bertz CT molecular complexity index is 381. The summed E-state index contributed by atoms with van der Waals surface area (Å²) in [6.45, 7) is 0. The van der Waals surface area contributed by atoms with Gasteiger partial charge in [0.25, 0.3) is 0 Å². The maximum atomic E-state index is 10.4. The maximum Gasteiger partial charge on any atom is 0.353 e. The molecular formula is C8H9N3O3. The highest BCUT2D eigenvalue weighted by Gasteiger charge is 2.04. The number of methoxy groups -OCH3 is 1. The van der Waals surface area contributed by atoms with Gasteiger partial charge in [-0.2, -0.15) is 0 Å². The molecule has 0 aliphatic carbocycles. The van der Waals surface area contributed by atoms with Crippen molar-refractivity contribution >= 4 is 17.9 Å². The lowest BCUT2D eigenvalue weighted by atomic mass is 10.4. The number of hydrogen-bond donors (Lipinski definition) is 3. The Kier molecular flexibility index (Phi) is 3.01. The van der Waals surface area contributed by atoms with E-state index in [-0.39, 0.29) is 11.6 Å². The van der Waals surface area contributed by atoms with Crippen LogP contribution in [0.4, 0.5) is 0 Å². The number of nitrogens with zero attached hydrogens (tertiary/aromatic N) is 1. The molecule has 14 heavy (non-hydrogen) atoms. The van der Waals surface area contributed by atoms with Crippen LogP contribution in [0.1, 0.15) is 16.3 Å². The number of aromatic nitrogens is 2. The highest BCUT2D eigenvalue weighted by atomic mass is 16.5. The molecule has 74 valence electrons. The van der Waals surface area contributed by atoms with Crippen molar-refractivity contribution in [2.24, 2.45) is 0 Å². The molecule has 0 radical (unpaired) electrons. The first-order valence-corrected chi connectivity index (χ1v) is 3.72. The molecular weight excluding hydrogens is 186 g/mol. The number of carboxylic acids is 1. The summed E-state index contributed by atoms with van der Waals surface area (Å²) in [5.74, 6) is -0.735. The minimum Gasteiger partial charge on any atom is -0.481 e. The van der Waals surface area contributed by atoms with Crippen molar-refractivity contribution < 1.29 is 14.6 Å². The average molecular weight is 195 g/mol. The zero-order valence-corrected chi connectivity index (χ0v) is 7.44. The van der Waals surface area contributed by atoms with Gasteiger partial charge >= 0.3 is 5.97 Å². The molecule has 0 atom stereocenters. The van der Waals surface area contributed by atoms with Gasteiger partial charge in [0.1, 0.15) is 11.5 Å². The minimum absolute atomic E-state index is 0.00796. The number of carbonyl (C=O) groups is 1. The molecule has 1 aromatic rings. The lowest BCUT2D eigenvalue weighted by molar-refractivity contribution is 0.0691. The van der Waals surface area contributed by atoms with Gasteiger partial charge < -0.3 is 14.8 Å². The van der Waals surface area contributed by atoms with E-state index in [1.807, 2.05) is 0 Å². The van der Waals surface area contributed by atoms with Crippen LogP contribution < -0.4 is 0 Å². The number of rotatable bonds is 3. The Labute approximate surface area is 79.7 Å². The first kappa shape index (κ1) is 9.97. The Balaban J connectivity index is 2.73. The van der Waals surface area contributed by atoms with Gasteiger partial charge in [0, 0.05) is 6.08 Å². The SMILES string of the molecule is COC(=N)/C=C\c1ncc(C(=O)O)[nH]1. The first-order valence-electron chi connectivity index (χ1n) is 3.72. The highest BCUT2D eigenvalue weighted by molar-refractivity contribution is 5.89. The molecule has 0 aliphatic heterocycles. The Morgan fingerprint density at radius 1 is 1.79 bits per heavy atom. The smallest absolute Gasteiger partial charge is 0.353 e. The molecule has 6 heteroatoms. The van der Waals surface area contributed by atoms with Gasteiger partial charge in [0.05, 0.1) is 13.3 Å². The average Bonchev–Trinajstić information content (AvgIpc) is 2.62. The van der Waals surface area contributed by atoms with E-state index >= 15 is 0 Å². The van der Waals surface area contributed by atoms with Gasteiger partial charge in [-0.05, 0) is 6.08 Å². The van der Waals surface area contributed by atoms with Crippen LogP contribution in [-0.4, -0.2) is 34.1 Å². The second-order valence-corrected chi connectivity index (χ2v) is 2.39. The highest BCUT2D eigenvalue weighted by Crippen LogP contribution is 1.99. The van der Waals surface area contributed by atoms with Gasteiger partial charge in [0.15, 0.2) is 0 Å². The van der Waals surface area contributed by atoms with Gasteiger partial charge in [0.2, 0.25) is 5.90 Å². The fraction of sp³-hybridized carbons (Fsp3) is 0.125. The van der Waals surface area contributed by atoms with Crippen molar-refractivity contribution in [3.63, 3.8) is 0 Å². The summed E-state index contributed by atoms with van der Waals surface area (Å²) in [5.41, 5.74) is 0.00796. The predicted molar refractivity (Wildman–Crippen MR) is 49.3 cm³/mol. The van der Waals surface area contributed by atoms with Crippen LogP contribution in [0.2, 0.25) is 0 Å². The van der Waals surface area contributed by atoms with Crippen LogP contribution in [0.25, 0.3) is 6.08 Å². The quantitative estimate of drug-likeness (QED) is 0.489. The summed E-state index contributed by atoms with van der Waals surface area (Å²) in [4.78, 5) is 16.8. The summed E-state index contributed by atoms with van der Waals surface area (Å²) in [6, 6.07) is 0. The minimum atomic E-state index is -1.07. The van der Waals surface area contributed by atoms with Crippen LogP contribution >= 0.6 is 0 Å². The molecule has 0 aliphatic rings. The number of nitrogens with one attached hydrogen (secondary N) is 2. The second-order valence-electron chi connectivity index (χ2n) is 2.39. The number of aromatic amines is 1. The maximum absolute atomic E-state index is 10.4. The molecule has 0 fully saturated rings. The van der Waals surface area contributed by atoms with E-state index < -0.39 is 5.97 Å². The van der Waals surface area contributed by atoms with E-state index in [1.165, 1.54) is 25.5 Å². The Hall–Kier alpha value is -2.11. The zero-order valence-electron chi connectivity index (χ0n) is 7.44. The number of carboxylic acid groups (broad SMARTS) is 1. The molecule has 1 rings (SSSR count). The number of aromatic carboxylic acids is 1. The van der Waals surface area contributed by atoms with Crippen molar-refractivity contribution in [3.05, 3.63) is 23.8 Å². The number of imidazole rings is 1. The summed E-state index contributed by atoms with van der Waals surface area (Å²) < 4.78 is 4.56. The normalized spacial score (nSPS) is 10.4. The molecule has 3 N–H and O–H groups in total. The fourth-order valence-electron chi connectivity index (χ4n) is 0.753. The van der Waals surface area contributed by atoms with Crippen LogP contribution in [0.15, 0.2) is 12.3 Å². The molecule has 6 nitrogen and oxygen atoms in total. The number of H-pyrrole nitrogens is 1. The summed E-state index contributed by atoms with van der Waals surface area (Å²) in [5, 5.41) is 15.7. The van der Waals surface area contributed by atoms with Gasteiger partial charge in [-0.3, -0.25) is 5.41 Å². The van der Waals surface area contributed by atoms with E-state index in [9.17, 15) is 4.79 Å². The van der Waals surface area contributed by atoms with Crippen LogP contribution in [0, 0.1) is 5.41 Å². The summed E-state index contributed by atoms with van der Waals surface area (Å²) >= 11 is 0. The van der Waals surface area contributed by atoms with Crippen molar-refractivity contribution in [2.45, 2.75) is 0 Å². The van der Waals surface area contributed by atoms with Crippen molar-refractivity contribution in [3.8, 4) is 0 Å². The van der Waals surface area contributed by atoms with E-state index in [4.69, 9.17) is 10.5 Å².